The third-order valence-electron chi connectivity index (χ3n) is 5.58. The molecule has 0 radical (unpaired) electrons. The standard InChI is InChI=1S/C21H30FNS/c1-2-3-4-5-6-18-7-9-19(10-8-18)11-14-21(22)15-12-20(13-16-21)23-17-24/h2,12-13,15,18-19H,1,3-11,14,16H2/t18-,19-,21?. The van der Waals surface area contributed by atoms with E-state index in [1.54, 1.807) is 12.2 Å². The van der Waals surface area contributed by atoms with Gasteiger partial charge in [0.2, 0.25) is 0 Å². The van der Waals surface area contributed by atoms with Gasteiger partial charge in [0, 0.05) is 6.42 Å². The monoisotopic (exact) mass is 347 g/mol. The molecule has 2 aliphatic rings. The van der Waals surface area contributed by atoms with Gasteiger partial charge in [0.25, 0.3) is 0 Å². The molecule has 3 heteroatoms. The Kier molecular flexibility index (Phi) is 8.08. The van der Waals surface area contributed by atoms with Gasteiger partial charge in [-0.2, -0.15) is 4.99 Å². The number of alkyl halides is 1. The molecular formula is C21H30FNS. The van der Waals surface area contributed by atoms with E-state index in [0.29, 0.717) is 18.8 Å². The van der Waals surface area contributed by atoms with Gasteiger partial charge in [0.15, 0.2) is 0 Å². The van der Waals surface area contributed by atoms with Gasteiger partial charge in [-0.3, -0.25) is 0 Å². The summed E-state index contributed by atoms with van der Waals surface area (Å²) < 4.78 is 14.8. The van der Waals surface area contributed by atoms with E-state index < -0.39 is 5.67 Å². The van der Waals surface area contributed by atoms with Crippen LogP contribution < -0.4 is 0 Å². The normalized spacial score (nSPS) is 29.6. The van der Waals surface area contributed by atoms with Gasteiger partial charge in [-0.25, -0.2) is 4.39 Å². The molecule has 0 saturated heterocycles. The summed E-state index contributed by atoms with van der Waals surface area (Å²) in [5, 5.41) is 2.34. The maximum absolute atomic E-state index is 14.8. The van der Waals surface area contributed by atoms with Crippen LogP contribution in [-0.2, 0) is 0 Å². The van der Waals surface area contributed by atoms with Crippen LogP contribution in [0.5, 0.6) is 0 Å². The fraction of sp³-hybridized carbons (Fsp3) is 0.667. The zero-order valence-corrected chi connectivity index (χ0v) is 15.5. The zero-order chi connectivity index (χ0) is 17.3. The number of hydrogen-bond acceptors (Lipinski definition) is 2. The lowest BCUT2D eigenvalue weighted by atomic mass is 9.76. The van der Waals surface area contributed by atoms with Crippen molar-refractivity contribution < 1.29 is 4.39 Å². The number of allylic oxidation sites excluding steroid dienone is 4. The highest BCUT2D eigenvalue weighted by Crippen LogP contribution is 2.38. The second-order valence-electron chi connectivity index (χ2n) is 7.40. The SMILES string of the molecule is C=CCCCC[C@H]1CC[C@H](CCC2(F)C=CC(N=C=S)=CC2)CC1. The highest BCUT2D eigenvalue weighted by atomic mass is 32.1. The van der Waals surface area contributed by atoms with Crippen molar-refractivity contribution in [3.8, 4) is 0 Å². The first-order valence-corrected chi connectivity index (χ1v) is 9.83. The van der Waals surface area contributed by atoms with Crippen molar-refractivity contribution in [1.29, 1.82) is 0 Å². The molecule has 132 valence electrons. The van der Waals surface area contributed by atoms with Crippen molar-refractivity contribution >= 4 is 17.4 Å². The molecule has 0 bridgehead atoms. The molecule has 0 aromatic carbocycles. The van der Waals surface area contributed by atoms with E-state index in [0.717, 1.165) is 24.5 Å². The van der Waals surface area contributed by atoms with E-state index in [4.69, 9.17) is 0 Å². The summed E-state index contributed by atoms with van der Waals surface area (Å²) in [6.07, 6.45) is 19.7. The minimum atomic E-state index is -1.19. The Morgan fingerprint density at radius 3 is 2.54 bits per heavy atom. The quantitative estimate of drug-likeness (QED) is 0.190. The average molecular weight is 348 g/mol. The predicted octanol–water partition coefficient (Wildman–Crippen LogP) is 6.97. The lowest BCUT2D eigenvalue weighted by molar-refractivity contribution is 0.175. The number of thiocarbonyl (C=S) groups is 1. The van der Waals surface area contributed by atoms with Crippen molar-refractivity contribution in [1.82, 2.24) is 0 Å². The molecule has 0 aliphatic heterocycles. The van der Waals surface area contributed by atoms with E-state index in [-0.39, 0.29) is 0 Å². The number of aliphatic imine (C=N–C) groups is 1. The number of rotatable bonds is 9. The summed E-state index contributed by atoms with van der Waals surface area (Å²) in [7, 11) is 0. The fourth-order valence-corrected chi connectivity index (χ4v) is 4.05. The van der Waals surface area contributed by atoms with Crippen LogP contribution in [0.1, 0.15) is 70.6 Å². The molecular weight excluding hydrogens is 317 g/mol. The molecule has 2 aliphatic carbocycles. The number of hydrogen-bond donors (Lipinski definition) is 0. The topological polar surface area (TPSA) is 12.4 Å². The Labute approximate surface area is 151 Å². The molecule has 1 fully saturated rings. The Balaban J connectivity index is 1.65. The maximum atomic E-state index is 14.8. The van der Waals surface area contributed by atoms with Crippen molar-refractivity contribution in [3.05, 3.63) is 36.6 Å². The smallest absolute Gasteiger partial charge is 0.133 e. The molecule has 1 unspecified atom stereocenters. The maximum Gasteiger partial charge on any atom is 0.133 e. The van der Waals surface area contributed by atoms with Crippen LogP contribution in [0.3, 0.4) is 0 Å². The average Bonchev–Trinajstić information content (AvgIpc) is 2.61. The molecule has 0 spiro atoms. The van der Waals surface area contributed by atoms with Crippen molar-refractivity contribution in [2.75, 3.05) is 0 Å². The summed E-state index contributed by atoms with van der Waals surface area (Å²) in [5.74, 6) is 1.61. The molecule has 2 rings (SSSR count). The highest BCUT2D eigenvalue weighted by Gasteiger charge is 2.30. The molecule has 0 aromatic heterocycles. The molecule has 1 atom stereocenters. The van der Waals surface area contributed by atoms with Gasteiger partial charge < -0.3 is 0 Å². The van der Waals surface area contributed by atoms with E-state index in [1.807, 2.05) is 12.2 Å². The van der Waals surface area contributed by atoms with Crippen LogP contribution in [0.4, 0.5) is 4.39 Å². The molecule has 1 saturated carbocycles. The van der Waals surface area contributed by atoms with Gasteiger partial charge in [0.05, 0.1) is 10.9 Å². The fourth-order valence-electron chi connectivity index (χ4n) is 3.94. The first-order valence-electron chi connectivity index (χ1n) is 9.42. The van der Waals surface area contributed by atoms with Gasteiger partial charge in [0.1, 0.15) is 5.67 Å². The van der Waals surface area contributed by atoms with Crippen LogP contribution in [0.2, 0.25) is 0 Å². The first kappa shape index (κ1) is 19.3. The third kappa shape index (κ3) is 6.45. The Morgan fingerprint density at radius 1 is 1.25 bits per heavy atom. The lowest BCUT2D eigenvalue weighted by Gasteiger charge is -2.31. The zero-order valence-electron chi connectivity index (χ0n) is 14.7. The Bertz CT molecular complexity index is 510. The minimum Gasteiger partial charge on any atom is -0.239 e. The number of isothiocyanates is 1. The molecule has 0 N–H and O–H groups in total. The van der Waals surface area contributed by atoms with Crippen molar-refractivity contribution in [2.24, 2.45) is 16.8 Å². The summed E-state index contributed by atoms with van der Waals surface area (Å²) in [6.45, 7) is 3.78. The first-order chi connectivity index (χ1) is 11.6. The van der Waals surface area contributed by atoms with E-state index in [9.17, 15) is 4.39 Å². The summed E-state index contributed by atoms with van der Waals surface area (Å²) in [6, 6.07) is 0. The minimum absolute atomic E-state index is 0.415. The lowest BCUT2D eigenvalue weighted by Crippen LogP contribution is -2.23. The van der Waals surface area contributed by atoms with Crippen LogP contribution in [0.15, 0.2) is 41.6 Å². The number of halogens is 1. The van der Waals surface area contributed by atoms with Crippen LogP contribution in [0, 0.1) is 11.8 Å². The number of nitrogens with zero attached hydrogens (tertiary/aromatic N) is 1. The Morgan fingerprint density at radius 2 is 1.96 bits per heavy atom. The van der Waals surface area contributed by atoms with Gasteiger partial charge >= 0.3 is 0 Å². The largest absolute Gasteiger partial charge is 0.239 e. The molecule has 0 aromatic rings. The third-order valence-corrected chi connectivity index (χ3v) is 5.67. The van der Waals surface area contributed by atoms with E-state index >= 15 is 0 Å². The van der Waals surface area contributed by atoms with Gasteiger partial charge in [-0.05, 0) is 61.9 Å². The van der Waals surface area contributed by atoms with E-state index in [2.05, 4.69) is 29.0 Å². The second-order valence-corrected chi connectivity index (χ2v) is 7.59. The molecule has 24 heavy (non-hydrogen) atoms. The number of unbranched alkanes of at least 4 members (excludes halogenated alkanes) is 2. The second kappa shape index (κ2) is 10.1. The Hall–Kier alpha value is -1.05. The predicted molar refractivity (Wildman–Crippen MR) is 104 cm³/mol. The molecule has 0 heterocycles. The molecule has 1 nitrogen and oxygen atoms in total. The summed E-state index contributed by atoms with van der Waals surface area (Å²) in [5.41, 5.74) is -0.461. The van der Waals surface area contributed by atoms with Crippen LogP contribution in [-0.4, -0.2) is 10.8 Å². The van der Waals surface area contributed by atoms with Crippen LogP contribution in [0.25, 0.3) is 0 Å². The summed E-state index contributed by atoms with van der Waals surface area (Å²) >= 11 is 4.59. The summed E-state index contributed by atoms with van der Waals surface area (Å²) in [4.78, 5) is 3.91. The highest BCUT2D eigenvalue weighted by molar-refractivity contribution is 7.78. The van der Waals surface area contributed by atoms with E-state index in [1.165, 1.54) is 44.9 Å². The van der Waals surface area contributed by atoms with Crippen molar-refractivity contribution in [2.45, 2.75) is 76.3 Å². The van der Waals surface area contributed by atoms with Crippen LogP contribution >= 0.6 is 12.2 Å². The van der Waals surface area contributed by atoms with Crippen molar-refractivity contribution in [3.63, 3.8) is 0 Å². The molecule has 0 amide bonds. The van der Waals surface area contributed by atoms with Gasteiger partial charge in [-0.15, -0.1) is 6.58 Å². The van der Waals surface area contributed by atoms with Gasteiger partial charge in [-0.1, -0.05) is 50.7 Å².